The van der Waals surface area contributed by atoms with Crippen molar-refractivity contribution in [2.75, 3.05) is 25.6 Å². The van der Waals surface area contributed by atoms with E-state index < -0.39 is 5.97 Å². The largest absolute Gasteiger partial charge is 0.482 e. The number of hydrogen-bond acceptors (Lipinski definition) is 6. The van der Waals surface area contributed by atoms with Crippen LogP contribution in [0.3, 0.4) is 0 Å². The van der Waals surface area contributed by atoms with Gasteiger partial charge in [0.2, 0.25) is 5.91 Å². The van der Waals surface area contributed by atoms with E-state index in [1.165, 1.54) is 18.4 Å². The maximum absolute atomic E-state index is 12.0. The molecule has 7 nitrogen and oxygen atoms in total. The molecule has 0 fully saturated rings. The topological polar surface area (TPSA) is 93.7 Å². The predicted octanol–water partition coefficient (Wildman–Crippen LogP) is 2.45. The Morgan fingerprint density at radius 2 is 2.04 bits per heavy atom. The average molecular weight is 376 g/mol. The predicted molar refractivity (Wildman–Crippen MR) is 98.5 cm³/mol. The fraction of sp³-hybridized carbons (Fsp3) is 0.278. The van der Waals surface area contributed by atoms with Crippen LogP contribution in [0.15, 0.2) is 41.1 Å². The van der Waals surface area contributed by atoms with Crippen LogP contribution in [0.25, 0.3) is 0 Å². The molecule has 26 heavy (non-hydrogen) atoms. The lowest BCUT2D eigenvalue weighted by Crippen LogP contribution is -2.25. The molecular weight excluding hydrogens is 356 g/mol. The van der Waals surface area contributed by atoms with Gasteiger partial charge in [0.05, 0.1) is 7.11 Å². The Labute approximate surface area is 155 Å². The van der Waals surface area contributed by atoms with Gasteiger partial charge in [-0.05, 0) is 30.0 Å². The van der Waals surface area contributed by atoms with E-state index in [-0.39, 0.29) is 24.8 Å². The Balaban J connectivity index is 1.70. The Morgan fingerprint density at radius 3 is 2.77 bits per heavy atom. The molecule has 0 aliphatic heterocycles. The van der Waals surface area contributed by atoms with Crippen molar-refractivity contribution >= 4 is 34.8 Å². The van der Waals surface area contributed by atoms with E-state index in [1.54, 1.807) is 35.7 Å². The summed E-state index contributed by atoms with van der Waals surface area (Å²) in [5, 5.41) is 9.14. The van der Waals surface area contributed by atoms with Gasteiger partial charge < -0.3 is 20.1 Å². The molecule has 138 valence electrons. The molecule has 2 N–H and O–H groups in total. The van der Waals surface area contributed by atoms with E-state index in [0.717, 1.165) is 0 Å². The number of thiophene rings is 1. The monoisotopic (exact) mass is 376 g/mol. The first-order valence-corrected chi connectivity index (χ1v) is 8.92. The number of nitrogens with one attached hydrogen (secondary N) is 2. The molecule has 0 unspecified atom stereocenters. The molecule has 1 heterocycles. The van der Waals surface area contributed by atoms with Crippen molar-refractivity contribution in [3.05, 3.63) is 46.7 Å². The highest BCUT2D eigenvalue weighted by Crippen LogP contribution is 2.17. The molecule has 2 rings (SSSR count). The minimum atomic E-state index is -0.482. The molecule has 0 saturated carbocycles. The molecule has 2 aromatic rings. The summed E-state index contributed by atoms with van der Waals surface area (Å²) in [4.78, 5) is 34.8. The van der Waals surface area contributed by atoms with Crippen LogP contribution in [-0.2, 0) is 14.3 Å². The lowest BCUT2D eigenvalue weighted by atomic mass is 10.2. The quantitative estimate of drug-likeness (QED) is 0.518. The van der Waals surface area contributed by atoms with E-state index in [9.17, 15) is 14.4 Å². The molecule has 0 radical (unpaired) electrons. The Morgan fingerprint density at radius 1 is 1.19 bits per heavy atom. The summed E-state index contributed by atoms with van der Waals surface area (Å²) < 4.78 is 9.77. The zero-order valence-electron chi connectivity index (χ0n) is 14.3. The summed E-state index contributed by atoms with van der Waals surface area (Å²) >= 11 is 1.46. The molecule has 0 aliphatic carbocycles. The maximum Gasteiger partial charge on any atom is 0.343 e. The lowest BCUT2D eigenvalue weighted by Gasteiger charge is -2.09. The molecular formula is C18H20N2O5S. The van der Waals surface area contributed by atoms with E-state index in [1.807, 2.05) is 5.38 Å². The summed E-state index contributed by atoms with van der Waals surface area (Å²) in [5.74, 6) is -0.331. The van der Waals surface area contributed by atoms with Gasteiger partial charge in [0.1, 0.15) is 5.75 Å². The van der Waals surface area contributed by atoms with Gasteiger partial charge in [-0.25, -0.2) is 4.79 Å². The molecule has 0 saturated heterocycles. The third-order valence-electron chi connectivity index (χ3n) is 3.35. The number of carbonyl (C=O) groups excluding carboxylic acids is 3. The maximum atomic E-state index is 12.0. The number of methoxy groups -OCH3 is 1. The normalized spacial score (nSPS) is 10.0. The lowest BCUT2D eigenvalue weighted by molar-refractivity contribution is -0.142. The van der Waals surface area contributed by atoms with E-state index in [0.29, 0.717) is 30.0 Å². The summed E-state index contributed by atoms with van der Waals surface area (Å²) in [6.07, 6.45) is 0.803. The zero-order chi connectivity index (χ0) is 18.8. The van der Waals surface area contributed by atoms with Crippen molar-refractivity contribution in [3.8, 4) is 5.75 Å². The van der Waals surface area contributed by atoms with Crippen molar-refractivity contribution in [1.29, 1.82) is 0 Å². The number of amides is 2. The second kappa shape index (κ2) is 10.2. The number of esters is 1. The van der Waals surface area contributed by atoms with E-state index >= 15 is 0 Å². The molecule has 2 amide bonds. The highest BCUT2D eigenvalue weighted by Gasteiger charge is 2.07. The standard InChI is InChI=1S/C18H20N2O5S/c1-24-17(22)11-25-15-5-2-4-14(10-15)20-16(21)6-3-8-19-18(23)13-7-9-26-12-13/h2,4-5,7,9-10,12H,3,6,8,11H2,1H3,(H,19,23)(H,20,21). The second-order valence-electron chi connectivity index (χ2n) is 5.31. The molecule has 8 heteroatoms. The summed E-state index contributed by atoms with van der Waals surface area (Å²) in [5.41, 5.74) is 1.20. The highest BCUT2D eigenvalue weighted by molar-refractivity contribution is 7.08. The van der Waals surface area contributed by atoms with Crippen molar-refractivity contribution in [1.82, 2.24) is 5.32 Å². The fourth-order valence-corrected chi connectivity index (χ4v) is 2.67. The molecule has 1 aromatic carbocycles. The number of anilines is 1. The first-order valence-electron chi connectivity index (χ1n) is 7.98. The summed E-state index contributed by atoms with van der Waals surface area (Å²) in [7, 11) is 1.28. The van der Waals surface area contributed by atoms with Gasteiger partial charge in [-0.3, -0.25) is 9.59 Å². The molecule has 0 bridgehead atoms. The van der Waals surface area contributed by atoms with Crippen LogP contribution in [0.2, 0.25) is 0 Å². The van der Waals surface area contributed by atoms with E-state index in [2.05, 4.69) is 15.4 Å². The van der Waals surface area contributed by atoms with Crippen LogP contribution in [0.1, 0.15) is 23.2 Å². The second-order valence-corrected chi connectivity index (χ2v) is 6.09. The minimum Gasteiger partial charge on any atom is -0.482 e. The SMILES string of the molecule is COC(=O)COc1cccc(NC(=O)CCCNC(=O)c2ccsc2)c1. The van der Waals surface area contributed by atoms with Gasteiger partial charge in [0.25, 0.3) is 5.91 Å². The smallest absolute Gasteiger partial charge is 0.343 e. The van der Waals surface area contributed by atoms with Crippen LogP contribution < -0.4 is 15.4 Å². The van der Waals surface area contributed by atoms with Gasteiger partial charge in [-0.1, -0.05) is 6.07 Å². The van der Waals surface area contributed by atoms with Gasteiger partial charge in [0.15, 0.2) is 6.61 Å². The highest BCUT2D eigenvalue weighted by atomic mass is 32.1. The van der Waals surface area contributed by atoms with Crippen molar-refractivity contribution in [2.24, 2.45) is 0 Å². The van der Waals surface area contributed by atoms with Crippen LogP contribution in [-0.4, -0.2) is 38.0 Å². The van der Waals surface area contributed by atoms with Crippen LogP contribution >= 0.6 is 11.3 Å². The number of hydrogen-bond donors (Lipinski definition) is 2. The molecule has 0 aliphatic rings. The van der Waals surface area contributed by atoms with Crippen LogP contribution in [0.4, 0.5) is 5.69 Å². The number of ether oxygens (including phenoxy) is 2. The molecule has 1 aromatic heterocycles. The first kappa shape index (κ1) is 19.5. The van der Waals surface area contributed by atoms with Gasteiger partial charge in [-0.15, -0.1) is 0 Å². The molecule has 0 atom stereocenters. The van der Waals surface area contributed by atoms with Crippen LogP contribution in [0, 0.1) is 0 Å². The average Bonchev–Trinajstić information content (AvgIpc) is 3.18. The summed E-state index contributed by atoms with van der Waals surface area (Å²) in [6, 6.07) is 8.49. The minimum absolute atomic E-state index is 0.137. The number of rotatable bonds is 9. The number of benzene rings is 1. The van der Waals surface area contributed by atoms with Gasteiger partial charge >= 0.3 is 5.97 Å². The first-order chi connectivity index (χ1) is 12.6. The van der Waals surface area contributed by atoms with Crippen molar-refractivity contribution in [2.45, 2.75) is 12.8 Å². The van der Waals surface area contributed by atoms with Crippen molar-refractivity contribution in [3.63, 3.8) is 0 Å². The Kier molecular flexibility index (Phi) is 7.63. The third kappa shape index (κ3) is 6.56. The fourth-order valence-electron chi connectivity index (χ4n) is 2.03. The van der Waals surface area contributed by atoms with Crippen LogP contribution in [0.5, 0.6) is 5.75 Å². The van der Waals surface area contributed by atoms with Gasteiger partial charge in [0, 0.05) is 35.7 Å². The zero-order valence-corrected chi connectivity index (χ0v) is 15.1. The molecule has 0 spiro atoms. The van der Waals surface area contributed by atoms with Crippen molar-refractivity contribution < 1.29 is 23.9 Å². The third-order valence-corrected chi connectivity index (χ3v) is 4.03. The Bertz CT molecular complexity index is 746. The van der Waals surface area contributed by atoms with Gasteiger partial charge in [-0.2, -0.15) is 11.3 Å². The number of carbonyl (C=O) groups is 3. The van der Waals surface area contributed by atoms with E-state index in [4.69, 9.17) is 4.74 Å². The summed E-state index contributed by atoms with van der Waals surface area (Å²) in [6.45, 7) is 0.224. The Hall–Kier alpha value is -2.87.